The Balaban J connectivity index is 1.94. The van der Waals surface area contributed by atoms with E-state index in [-0.39, 0.29) is 6.04 Å². The molecule has 1 saturated heterocycles. The van der Waals surface area contributed by atoms with Crippen molar-refractivity contribution in [1.29, 1.82) is 0 Å². The summed E-state index contributed by atoms with van der Waals surface area (Å²) in [5.41, 5.74) is 4.80. The summed E-state index contributed by atoms with van der Waals surface area (Å²) in [6, 6.07) is 20.9. The monoisotopic (exact) mass is 373 g/mol. The van der Waals surface area contributed by atoms with Crippen LogP contribution in [0.1, 0.15) is 47.6 Å². The summed E-state index contributed by atoms with van der Waals surface area (Å²) in [6.07, 6.45) is 2.72. The Hall–Kier alpha value is -2.65. The number of fused-ring (bicyclic) bond motifs is 1. The minimum Gasteiger partial charge on any atom is -0.480 e. The molecule has 0 saturated carbocycles. The van der Waals surface area contributed by atoms with Gasteiger partial charge in [0.05, 0.1) is 6.04 Å². The topological polar surface area (TPSA) is 40.5 Å². The molecule has 1 N–H and O–H groups in total. The highest BCUT2D eigenvalue weighted by molar-refractivity contribution is 5.86. The van der Waals surface area contributed by atoms with Crippen molar-refractivity contribution in [2.45, 2.75) is 45.2 Å². The molecule has 0 bridgehead atoms. The van der Waals surface area contributed by atoms with Crippen LogP contribution in [0.4, 0.5) is 0 Å². The van der Waals surface area contributed by atoms with Crippen molar-refractivity contribution in [1.82, 2.24) is 4.90 Å². The highest BCUT2D eigenvalue weighted by Gasteiger charge is 2.35. The Morgan fingerprint density at radius 3 is 2.46 bits per heavy atom. The minimum atomic E-state index is -0.714. The Bertz CT molecular complexity index is 985. The highest BCUT2D eigenvalue weighted by atomic mass is 16.4. The first-order chi connectivity index (χ1) is 13.5. The molecule has 4 rings (SSSR count). The second kappa shape index (κ2) is 7.76. The van der Waals surface area contributed by atoms with E-state index in [1.54, 1.807) is 0 Å². The molecule has 0 amide bonds. The van der Waals surface area contributed by atoms with Gasteiger partial charge in [0.25, 0.3) is 0 Å². The number of carboxylic acids is 1. The SMILES string of the molecule is Cc1cc(C)cc(C(c2cccc3ccccc23)N2CCCCC2C(=O)O)c1. The normalized spacial score (nSPS) is 18.9. The van der Waals surface area contributed by atoms with Crippen LogP contribution < -0.4 is 0 Å². The van der Waals surface area contributed by atoms with E-state index < -0.39 is 12.0 Å². The van der Waals surface area contributed by atoms with Crippen LogP contribution in [0.25, 0.3) is 10.8 Å². The van der Waals surface area contributed by atoms with Crippen LogP contribution in [0.5, 0.6) is 0 Å². The van der Waals surface area contributed by atoms with Crippen molar-refractivity contribution in [2.24, 2.45) is 0 Å². The number of hydrogen-bond acceptors (Lipinski definition) is 2. The van der Waals surface area contributed by atoms with E-state index in [0.29, 0.717) is 6.42 Å². The largest absolute Gasteiger partial charge is 0.480 e. The van der Waals surface area contributed by atoms with E-state index in [2.05, 4.69) is 79.4 Å². The Kier molecular flexibility index (Phi) is 5.19. The molecule has 3 heteroatoms. The molecule has 3 nitrogen and oxygen atoms in total. The fourth-order valence-corrected chi connectivity index (χ4v) is 4.73. The molecular formula is C25H27NO2. The predicted molar refractivity (Wildman–Crippen MR) is 114 cm³/mol. The molecule has 1 aliphatic rings. The average molecular weight is 373 g/mol. The number of nitrogens with zero attached hydrogens (tertiary/aromatic N) is 1. The smallest absolute Gasteiger partial charge is 0.320 e. The lowest BCUT2D eigenvalue weighted by molar-refractivity contribution is -0.145. The number of likely N-dealkylation sites (tertiary alicyclic amines) is 1. The number of aliphatic carboxylic acids is 1. The van der Waals surface area contributed by atoms with E-state index in [0.717, 1.165) is 19.4 Å². The first-order valence-corrected chi connectivity index (χ1v) is 10.1. The lowest BCUT2D eigenvalue weighted by atomic mass is 9.88. The van der Waals surface area contributed by atoms with E-state index in [1.165, 1.54) is 33.0 Å². The zero-order valence-electron chi connectivity index (χ0n) is 16.6. The first kappa shape index (κ1) is 18.7. The van der Waals surface area contributed by atoms with Crippen LogP contribution in [0.2, 0.25) is 0 Å². The maximum Gasteiger partial charge on any atom is 0.320 e. The number of benzene rings is 3. The molecule has 28 heavy (non-hydrogen) atoms. The van der Waals surface area contributed by atoms with Gasteiger partial charge in [0.2, 0.25) is 0 Å². The number of hydrogen-bond donors (Lipinski definition) is 1. The third kappa shape index (κ3) is 3.55. The van der Waals surface area contributed by atoms with Gasteiger partial charge < -0.3 is 5.11 Å². The Morgan fingerprint density at radius 1 is 1.00 bits per heavy atom. The molecule has 3 aromatic carbocycles. The van der Waals surface area contributed by atoms with Gasteiger partial charge in [-0.2, -0.15) is 0 Å². The number of carbonyl (C=O) groups is 1. The van der Waals surface area contributed by atoms with Gasteiger partial charge in [0.15, 0.2) is 0 Å². The lowest BCUT2D eigenvalue weighted by Gasteiger charge is -2.40. The van der Waals surface area contributed by atoms with Crippen molar-refractivity contribution >= 4 is 16.7 Å². The quantitative estimate of drug-likeness (QED) is 0.658. The van der Waals surface area contributed by atoms with Crippen molar-refractivity contribution in [3.8, 4) is 0 Å². The molecule has 1 heterocycles. The molecule has 3 aromatic rings. The number of aryl methyl sites for hydroxylation is 2. The van der Waals surface area contributed by atoms with E-state index >= 15 is 0 Å². The fraction of sp³-hybridized carbons (Fsp3) is 0.320. The predicted octanol–water partition coefficient (Wildman–Crippen LogP) is 5.49. The maximum atomic E-state index is 12.1. The number of rotatable bonds is 4. The summed E-state index contributed by atoms with van der Waals surface area (Å²) < 4.78 is 0. The van der Waals surface area contributed by atoms with Gasteiger partial charge in [-0.3, -0.25) is 9.69 Å². The molecule has 144 valence electrons. The Labute approximate surface area is 166 Å². The van der Waals surface area contributed by atoms with Gasteiger partial charge in [0.1, 0.15) is 6.04 Å². The van der Waals surface area contributed by atoms with Gasteiger partial charge in [-0.1, -0.05) is 78.2 Å². The van der Waals surface area contributed by atoms with E-state index in [9.17, 15) is 9.90 Å². The van der Waals surface area contributed by atoms with Crippen molar-refractivity contribution in [3.63, 3.8) is 0 Å². The summed E-state index contributed by atoms with van der Waals surface area (Å²) in [5, 5.41) is 12.3. The van der Waals surface area contributed by atoms with Crippen LogP contribution in [0, 0.1) is 13.8 Å². The number of piperidine rings is 1. The van der Waals surface area contributed by atoms with E-state index in [1.807, 2.05) is 0 Å². The Morgan fingerprint density at radius 2 is 1.71 bits per heavy atom. The van der Waals surface area contributed by atoms with Crippen LogP contribution in [-0.2, 0) is 4.79 Å². The van der Waals surface area contributed by atoms with Crippen molar-refractivity contribution < 1.29 is 9.90 Å². The third-order valence-electron chi connectivity index (χ3n) is 5.84. The average Bonchev–Trinajstić information content (AvgIpc) is 2.68. The second-order valence-corrected chi connectivity index (χ2v) is 7.98. The molecule has 0 aliphatic carbocycles. The zero-order valence-corrected chi connectivity index (χ0v) is 16.6. The highest BCUT2D eigenvalue weighted by Crippen LogP contribution is 2.38. The maximum absolute atomic E-state index is 12.1. The summed E-state index contributed by atoms with van der Waals surface area (Å²) in [5.74, 6) is -0.714. The molecule has 0 aromatic heterocycles. The molecule has 1 aliphatic heterocycles. The summed E-state index contributed by atoms with van der Waals surface area (Å²) in [6.45, 7) is 5.03. The zero-order chi connectivity index (χ0) is 19.7. The minimum absolute atomic E-state index is 0.0638. The van der Waals surface area contributed by atoms with Crippen LogP contribution in [-0.4, -0.2) is 28.6 Å². The first-order valence-electron chi connectivity index (χ1n) is 10.1. The molecule has 0 spiro atoms. The van der Waals surface area contributed by atoms with Gasteiger partial charge in [-0.15, -0.1) is 0 Å². The summed E-state index contributed by atoms with van der Waals surface area (Å²) in [7, 11) is 0. The second-order valence-electron chi connectivity index (χ2n) is 7.98. The number of carboxylic acid groups (broad SMARTS) is 1. The molecule has 0 radical (unpaired) electrons. The van der Waals surface area contributed by atoms with Gasteiger partial charge in [-0.25, -0.2) is 0 Å². The van der Waals surface area contributed by atoms with Crippen LogP contribution >= 0.6 is 0 Å². The van der Waals surface area contributed by atoms with Crippen molar-refractivity contribution in [2.75, 3.05) is 6.54 Å². The molecular weight excluding hydrogens is 346 g/mol. The molecule has 2 unspecified atom stereocenters. The lowest BCUT2D eigenvalue weighted by Crippen LogP contribution is -2.46. The van der Waals surface area contributed by atoms with E-state index in [4.69, 9.17) is 0 Å². The molecule has 1 fully saturated rings. The van der Waals surface area contributed by atoms with Gasteiger partial charge >= 0.3 is 5.97 Å². The van der Waals surface area contributed by atoms with Crippen LogP contribution in [0.3, 0.4) is 0 Å². The summed E-state index contributed by atoms with van der Waals surface area (Å²) >= 11 is 0. The molecule has 2 atom stereocenters. The fourth-order valence-electron chi connectivity index (χ4n) is 4.73. The van der Waals surface area contributed by atoms with Crippen molar-refractivity contribution in [3.05, 3.63) is 82.9 Å². The van der Waals surface area contributed by atoms with Gasteiger partial charge in [-0.05, 0) is 55.1 Å². The third-order valence-corrected chi connectivity index (χ3v) is 5.84. The van der Waals surface area contributed by atoms with Gasteiger partial charge in [0, 0.05) is 0 Å². The summed E-state index contributed by atoms with van der Waals surface area (Å²) in [4.78, 5) is 14.3. The standard InChI is InChI=1S/C25H27NO2/c1-17-14-18(2)16-20(15-17)24(26-13-6-5-12-23(26)25(27)28)22-11-7-9-19-8-3-4-10-21(19)22/h3-4,7-11,14-16,23-24H,5-6,12-13H2,1-2H3,(H,27,28). The van der Waals surface area contributed by atoms with Crippen LogP contribution in [0.15, 0.2) is 60.7 Å².